The molecule has 0 aromatic heterocycles. The molecule has 5 heteroatoms. The Hall–Kier alpha value is -1.46. The number of carbonyl (C=O) groups is 1. The molecule has 0 aliphatic rings. The summed E-state index contributed by atoms with van der Waals surface area (Å²) >= 11 is 0. The second-order valence-electron chi connectivity index (χ2n) is 4.09. The Morgan fingerprint density at radius 3 is 2.56 bits per heavy atom. The van der Waals surface area contributed by atoms with Gasteiger partial charge in [0.25, 0.3) is 0 Å². The normalized spacial score (nSPS) is 12.9. The van der Waals surface area contributed by atoms with Gasteiger partial charge >= 0.3 is 0 Å². The first-order valence-electron chi connectivity index (χ1n) is 5.64. The van der Waals surface area contributed by atoms with E-state index in [1.54, 1.807) is 43.3 Å². The van der Waals surface area contributed by atoms with Crippen LogP contribution in [0.2, 0.25) is 0 Å². The van der Waals surface area contributed by atoms with Crippen molar-refractivity contribution in [2.75, 3.05) is 5.75 Å². The van der Waals surface area contributed by atoms with Gasteiger partial charge in [-0.15, -0.1) is 6.58 Å². The van der Waals surface area contributed by atoms with E-state index < -0.39 is 21.6 Å². The van der Waals surface area contributed by atoms with Crippen LogP contribution in [0.4, 0.5) is 0 Å². The van der Waals surface area contributed by atoms with Crippen LogP contribution in [0.3, 0.4) is 0 Å². The minimum absolute atomic E-state index is 0.254. The molecule has 1 N–H and O–H groups in total. The SMILES string of the molecule is C=CCC(C)NS(=O)(=O)CC(=O)c1ccccc1. The van der Waals surface area contributed by atoms with Crippen molar-refractivity contribution < 1.29 is 13.2 Å². The van der Waals surface area contributed by atoms with Gasteiger partial charge in [0.15, 0.2) is 5.78 Å². The number of Topliss-reactive ketones (excluding diaryl/α,β-unsaturated/α-hetero) is 1. The van der Waals surface area contributed by atoms with E-state index in [9.17, 15) is 13.2 Å². The van der Waals surface area contributed by atoms with Crippen LogP contribution in [0, 0.1) is 0 Å². The largest absolute Gasteiger partial charge is 0.293 e. The predicted octanol–water partition coefficient (Wildman–Crippen LogP) is 1.75. The molecule has 0 bridgehead atoms. The van der Waals surface area contributed by atoms with E-state index in [2.05, 4.69) is 11.3 Å². The average Bonchev–Trinajstić information content (AvgIpc) is 2.29. The van der Waals surface area contributed by atoms with Crippen molar-refractivity contribution in [1.29, 1.82) is 0 Å². The summed E-state index contributed by atoms with van der Waals surface area (Å²) in [6.45, 7) is 5.27. The molecular formula is C13H17NO3S. The number of rotatable bonds is 7. The Bertz CT molecular complexity index is 508. The van der Waals surface area contributed by atoms with Crippen molar-refractivity contribution in [2.24, 2.45) is 0 Å². The fourth-order valence-corrected chi connectivity index (χ4v) is 2.83. The molecule has 1 aromatic rings. The lowest BCUT2D eigenvalue weighted by atomic mass is 10.2. The standard InChI is InChI=1S/C13H17NO3S/c1-3-7-11(2)14-18(16,17)10-13(15)12-8-5-4-6-9-12/h3-6,8-9,11,14H,1,7,10H2,2H3. The summed E-state index contributed by atoms with van der Waals surface area (Å²) in [5, 5.41) is 0. The van der Waals surface area contributed by atoms with E-state index >= 15 is 0 Å². The first kappa shape index (κ1) is 14.6. The van der Waals surface area contributed by atoms with E-state index in [0.717, 1.165) is 0 Å². The molecule has 0 aliphatic heterocycles. The van der Waals surface area contributed by atoms with E-state index in [1.807, 2.05) is 0 Å². The van der Waals surface area contributed by atoms with Crippen LogP contribution in [0.1, 0.15) is 23.7 Å². The smallest absolute Gasteiger partial charge is 0.219 e. The van der Waals surface area contributed by atoms with Crippen LogP contribution >= 0.6 is 0 Å². The molecule has 1 rings (SSSR count). The molecule has 0 saturated heterocycles. The van der Waals surface area contributed by atoms with E-state index in [4.69, 9.17) is 0 Å². The van der Waals surface area contributed by atoms with E-state index in [1.165, 1.54) is 0 Å². The fourth-order valence-electron chi connectivity index (χ4n) is 1.53. The lowest BCUT2D eigenvalue weighted by Crippen LogP contribution is -2.36. The maximum atomic E-state index is 11.8. The third-order valence-electron chi connectivity index (χ3n) is 2.32. The Labute approximate surface area is 108 Å². The Morgan fingerprint density at radius 1 is 1.39 bits per heavy atom. The van der Waals surface area contributed by atoms with Crippen LogP contribution in [0.5, 0.6) is 0 Å². The first-order valence-corrected chi connectivity index (χ1v) is 7.29. The number of nitrogens with one attached hydrogen (secondary N) is 1. The summed E-state index contributed by atoms with van der Waals surface area (Å²) in [5.74, 6) is -0.938. The Morgan fingerprint density at radius 2 is 2.00 bits per heavy atom. The maximum absolute atomic E-state index is 11.8. The zero-order valence-electron chi connectivity index (χ0n) is 10.3. The molecule has 0 fully saturated rings. The van der Waals surface area contributed by atoms with Gasteiger partial charge in [-0.3, -0.25) is 4.79 Å². The lowest BCUT2D eigenvalue weighted by molar-refractivity contribution is 0.102. The van der Waals surface area contributed by atoms with Gasteiger partial charge in [0, 0.05) is 11.6 Å². The highest BCUT2D eigenvalue weighted by atomic mass is 32.2. The molecule has 98 valence electrons. The van der Waals surface area contributed by atoms with Crippen molar-refractivity contribution >= 4 is 15.8 Å². The number of hydrogen-bond donors (Lipinski definition) is 1. The highest BCUT2D eigenvalue weighted by molar-refractivity contribution is 7.90. The molecule has 0 radical (unpaired) electrons. The number of hydrogen-bond acceptors (Lipinski definition) is 3. The second kappa shape index (κ2) is 6.47. The predicted molar refractivity (Wildman–Crippen MR) is 72.0 cm³/mol. The molecule has 0 spiro atoms. The topological polar surface area (TPSA) is 63.2 Å². The van der Waals surface area contributed by atoms with Crippen molar-refractivity contribution in [3.63, 3.8) is 0 Å². The van der Waals surface area contributed by atoms with E-state index in [-0.39, 0.29) is 6.04 Å². The summed E-state index contributed by atoms with van der Waals surface area (Å²) in [6.07, 6.45) is 2.16. The number of benzene rings is 1. The monoisotopic (exact) mass is 267 g/mol. The summed E-state index contributed by atoms with van der Waals surface area (Å²) < 4.78 is 25.9. The minimum Gasteiger partial charge on any atom is -0.293 e. The van der Waals surface area contributed by atoms with Gasteiger partial charge in [-0.05, 0) is 13.3 Å². The second-order valence-corrected chi connectivity index (χ2v) is 5.85. The molecule has 4 nitrogen and oxygen atoms in total. The number of sulfonamides is 1. The van der Waals surface area contributed by atoms with Gasteiger partial charge in [-0.2, -0.15) is 0 Å². The average molecular weight is 267 g/mol. The molecule has 1 aromatic carbocycles. The molecule has 1 atom stereocenters. The summed E-state index contributed by atoms with van der Waals surface area (Å²) in [4.78, 5) is 11.8. The van der Waals surface area contributed by atoms with Crippen LogP contribution < -0.4 is 4.72 Å². The lowest BCUT2D eigenvalue weighted by Gasteiger charge is -2.11. The number of carbonyl (C=O) groups excluding carboxylic acids is 1. The molecule has 0 amide bonds. The van der Waals surface area contributed by atoms with Crippen molar-refractivity contribution in [1.82, 2.24) is 4.72 Å². The van der Waals surface area contributed by atoms with Gasteiger partial charge in [0.1, 0.15) is 5.75 Å². The molecule has 0 heterocycles. The number of ketones is 1. The van der Waals surface area contributed by atoms with Gasteiger partial charge < -0.3 is 0 Å². The quantitative estimate of drug-likeness (QED) is 0.604. The van der Waals surface area contributed by atoms with Crippen LogP contribution in [0.15, 0.2) is 43.0 Å². The first-order chi connectivity index (χ1) is 8.44. The minimum atomic E-state index is -3.60. The molecular weight excluding hydrogens is 250 g/mol. The van der Waals surface area contributed by atoms with Crippen molar-refractivity contribution in [3.05, 3.63) is 48.6 Å². The summed E-state index contributed by atoms with van der Waals surface area (Å²) in [6, 6.07) is 8.13. The zero-order valence-corrected chi connectivity index (χ0v) is 11.1. The third-order valence-corrected chi connectivity index (χ3v) is 3.72. The van der Waals surface area contributed by atoms with E-state index in [0.29, 0.717) is 12.0 Å². The maximum Gasteiger partial charge on any atom is 0.219 e. The Kier molecular flexibility index (Phi) is 5.25. The fraction of sp³-hybridized carbons (Fsp3) is 0.308. The Balaban J connectivity index is 2.66. The van der Waals surface area contributed by atoms with Gasteiger partial charge in [-0.25, -0.2) is 13.1 Å². The molecule has 18 heavy (non-hydrogen) atoms. The van der Waals surface area contributed by atoms with Crippen LogP contribution in [0.25, 0.3) is 0 Å². The highest BCUT2D eigenvalue weighted by Crippen LogP contribution is 2.03. The van der Waals surface area contributed by atoms with Gasteiger partial charge in [0.05, 0.1) is 0 Å². The highest BCUT2D eigenvalue weighted by Gasteiger charge is 2.19. The van der Waals surface area contributed by atoms with Gasteiger partial charge in [-0.1, -0.05) is 36.4 Å². The van der Waals surface area contributed by atoms with Gasteiger partial charge in [0.2, 0.25) is 10.0 Å². The van der Waals surface area contributed by atoms with Crippen molar-refractivity contribution in [3.8, 4) is 0 Å². The van der Waals surface area contributed by atoms with Crippen LogP contribution in [-0.4, -0.2) is 26.0 Å². The van der Waals surface area contributed by atoms with Crippen molar-refractivity contribution in [2.45, 2.75) is 19.4 Å². The summed E-state index contributed by atoms with van der Waals surface area (Å²) in [5.41, 5.74) is 0.402. The molecule has 1 unspecified atom stereocenters. The molecule has 0 saturated carbocycles. The zero-order chi connectivity index (χ0) is 13.6. The van der Waals surface area contributed by atoms with Crippen LogP contribution in [-0.2, 0) is 10.0 Å². The third kappa shape index (κ3) is 4.81. The molecule has 0 aliphatic carbocycles. The summed E-state index contributed by atoms with van der Waals surface area (Å²) in [7, 11) is -3.60.